The highest BCUT2D eigenvalue weighted by Crippen LogP contribution is 2.17. The molecule has 0 aliphatic heterocycles. The van der Waals surface area contributed by atoms with Crippen molar-refractivity contribution in [2.75, 3.05) is 6.61 Å². The molecule has 3 aromatic rings. The Labute approximate surface area is 172 Å². The fourth-order valence-electron chi connectivity index (χ4n) is 3.16. The van der Waals surface area contributed by atoms with Gasteiger partial charge in [-0.3, -0.25) is 9.48 Å². The van der Waals surface area contributed by atoms with Crippen molar-refractivity contribution in [2.24, 2.45) is 5.92 Å². The van der Waals surface area contributed by atoms with E-state index in [4.69, 9.17) is 4.74 Å². The minimum atomic E-state index is -0.116. The summed E-state index contributed by atoms with van der Waals surface area (Å²) in [6, 6.07) is 17.6. The van der Waals surface area contributed by atoms with E-state index in [1.807, 2.05) is 48.9 Å². The van der Waals surface area contributed by atoms with Crippen molar-refractivity contribution < 1.29 is 9.53 Å². The molecule has 0 aliphatic carbocycles. The SMILES string of the molecule is Cc1nn(Cc2ccccc2)c(C)c1CNC(=O)c1cccc(OCC(C)C)c1. The number of amides is 1. The third kappa shape index (κ3) is 5.47. The number of benzene rings is 2. The molecular weight excluding hydrogens is 362 g/mol. The van der Waals surface area contributed by atoms with Crippen molar-refractivity contribution in [1.82, 2.24) is 15.1 Å². The number of aromatic nitrogens is 2. The predicted molar refractivity (Wildman–Crippen MR) is 115 cm³/mol. The van der Waals surface area contributed by atoms with Crippen LogP contribution in [0.4, 0.5) is 0 Å². The molecule has 29 heavy (non-hydrogen) atoms. The molecule has 0 unspecified atom stereocenters. The molecule has 3 rings (SSSR count). The van der Waals surface area contributed by atoms with Crippen LogP contribution in [-0.2, 0) is 13.1 Å². The van der Waals surface area contributed by atoms with Gasteiger partial charge in [0, 0.05) is 23.4 Å². The van der Waals surface area contributed by atoms with Gasteiger partial charge in [-0.1, -0.05) is 50.2 Å². The van der Waals surface area contributed by atoms with E-state index >= 15 is 0 Å². The van der Waals surface area contributed by atoms with E-state index in [0.29, 0.717) is 24.6 Å². The average molecular weight is 392 g/mol. The summed E-state index contributed by atoms with van der Waals surface area (Å²) in [5.74, 6) is 1.04. The van der Waals surface area contributed by atoms with Gasteiger partial charge in [-0.2, -0.15) is 5.10 Å². The molecule has 0 bridgehead atoms. The molecule has 0 saturated carbocycles. The molecule has 0 radical (unpaired) electrons. The maximum Gasteiger partial charge on any atom is 0.251 e. The van der Waals surface area contributed by atoms with Crippen LogP contribution in [0, 0.1) is 19.8 Å². The van der Waals surface area contributed by atoms with E-state index in [9.17, 15) is 4.79 Å². The Balaban J connectivity index is 1.65. The molecular formula is C24H29N3O2. The molecule has 0 fully saturated rings. The summed E-state index contributed by atoms with van der Waals surface area (Å²) in [6.45, 7) is 10.0. The molecule has 1 heterocycles. The first-order valence-electron chi connectivity index (χ1n) is 10.0. The smallest absolute Gasteiger partial charge is 0.251 e. The van der Waals surface area contributed by atoms with Gasteiger partial charge < -0.3 is 10.1 Å². The van der Waals surface area contributed by atoms with Crippen LogP contribution in [0.25, 0.3) is 0 Å². The largest absolute Gasteiger partial charge is 0.493 e. The van der Waals surface area contributed by atoms with Gasteiger partial charge in [0.1, 0.15) is 5.75 Å². The molecule has 2 aromatic carbocycles. The lowest BCUT2D eigenvalue weighted by molar-refractivity contribution is 0.0950. The molecule has 0 atom stereocenters. The maximum atomic E-state index is 12.6. The second kappa shape index (κ2) is 9.41. The molecule has 5 heteroatoms. The maximum absolute atomic E-state index is 12.6. The van der Waals surface area contributed by atoms with Crippen LogP contribution in [0.1, 0.15) is 46.7 Å². The second-order valence-corrected chi connectivity index (χ2v) is 7.71. The predicted octanol–water partition coefficient (Wildman–Crippen LogP) is 4.51. The quantitative estimate of drug-likeness (QED) is 0.614. The Hall–Kier alpha value is -3.08. The van der Waals surface area contributed by atoms with E-state index in [1.165, 1.54) is 5.56 Å². The third-order valence-electron chi connectivity index (χ3n) is 4.81. The number of aryl methyl sites for hydroxylation is 1. The number of carbonyl (C=O) groups is 1. The highest BCUT2D eigenvalue weighted by atomic mass is 16.5. The summed E-state index contributed by atoms with van der Waals surface area (Å²) in [5.41, 5.74) is 4.86. The molecule has 1 amide bonds. The van der Waals surface area contributed by atoms with Gasteiger partial charge in [-0.05, 0) is 43.5 Å². The van der Waals surface area contributed by atoms with Crippen LogP contribution in [0.5, 0.6) is 5.75 Å². The van der Waals surface area contributed by atoms with Crippen LogP contribution in [-0.4, -0.2) is 22.3 Å². The highest BCUT2D eigenvalue weighted by Gasteiger charge is 2.14. The highest BCUT2D eigenvalue weighted by molar-refractivity contribution is 5.94. The summed E-state index contributed by atoms with van der Waals surface area (Å²) < 4.78 is 7.72. The lowest BCUT2D eigenvalue weighted by Crippen LogP contribution is -2.23. The van der Waals surface area contributed by atoms with Gasteiger partial charge in [0.2, 0.25) is 0 Å². The summed E-state index contributed by atoms with van der Waals surface area (Å²) in [4.78, 5) is 12.6. The van der Waals surface area contributed by atoms with Gasteiger partial charge in [0.25, 0.3) is 5.91 Å². The van der Waals surface area contributed by atoms with Crippen LogP contribution in [0.15, 0.2) is 54.6 Å². The second-order valence-electron chi connectivity index (χ2n) is 7.71. The van der Waals surface area contributed by atoms with Crippen LogP contribution in [0.2, 0.25) is 0 Å². The Morgan fingerprint density at radius 1 is 1.10 bits per heavy atom. The molecule has 1 aromatic heterocycles. The van der Waals surface area contributed by atoms with Crippen molar-refractivity contribution in [3.63, 3.8) is 0 Å². The number of ether oxygens (including phenoxy) is 1. The first-order valence-corrected chi connectivity index (χ1v) is 10.0. The van der Waals surface area contributed by atoms with Crippen molar-refractivity contribution in [2.45, 2.75) is 40.8 Å². The number of hydrogen-bond donors (Lipinski definition) is 1. The third-order valence-corrected chi connectivity index (χ3v) is 4.81. The first-order chi connectivity index (χ1) is 13.9. The molecule has 1 N–H and O–H groups in total. The van der Waals surface area contributed by atoms with E-state index in [2.05, 4.69) is 36.4 Å². The summed E-state index contributed by atoms with van der Waals surface area (Å²) >= 11 is 0. The Morgan fingerprint density at radius 3 is 2.59 bits per heavy atom. The van der Waals surface area contributed by atoms with Crippen molar-refractivity contribution in [3.05, 3.63) is 82.7 Å². The number of nitrogens with one attached hydrogen (secondary N) is 1. The van der Waals surface area contributed by atoms with Crippen LogP contribution >= 0.6 is 0 Å². The van der Waals surface area contributed by atoms with Gasteiger partial charge >= 0.3 is 0 Å². The zero-order valence-corrected chi connectivity index (χ0v) is 17.6. The Bertz CT molecular complexity index is 962. The molecule has 0 aliphatic rings. The fraction of sp³-hybridized carbons (Fsp3) is 0.333. The van der Waals surface area contributed by atoms with Gasteiger partial charge in [-0.15, -0.1) is 0 Å². The summed E-state index contributed by atoms with van der Waals surface area (Å²) in [5, 5.41) is 7.67. The van der Waals surface area contributed by atoms with Crippen molar-refractivity contribution in [1.29, 1.82) is 0 Å². The molecule has 152 valence electrons. The normalized spacial score (nSPS) is 10.9. The van der Waals surface area contributed by atoms with E-state index < -0.39 is 0 Å². The van der Waals surface area contributed by atoms with E-state index in [1.54, 1.807) is 12.1 Å². The van der Waals surface area contributed by atoms with Crippen LogP contribution < -0.4 is 10.1 Å². The fourth-order valence-corrected chi connectivity index (χ4v) is 3.16. The number of hydrogen-bond acceptors (Lipinski definition) is 3. The Kier molecular flexibility index (Phi) is 6.70. The zero-order chi connectivity index (χ0) is 20.8. The van der Waals surface area contributed by atoms with Gasteiger partial charge in [-0.25, -0.2) is 0 Å². The summed E-state index contributed by atoms with van der Waals surface area (Å²) in [6.07, 6.45) is 0. The minimum Gasteiger partial charge on any atom is -0.493 e. The number of carbonyl (C=O) groups excluding carboxylic acids is 1. The molecule has 0 saturated heterocycles. The van der Waals surface area contributed by atoms with Crippen molar-refractivity contribution in [3.8, 4) is 5.75 Å². The topological polar surface area (TPSA) is 56.2 Å². The minimum absolute atomic E-state index is 0.116. The Morgan fingerprint density at radius 2 is 1.86 bits per heavy atom. The standard InChI is InChI=1S/C24H29N3O2/c1-17(2)16-29-22-12-8-11-21(13-22)24(28)25-14-23-18(3)26-27(19(23)4)15-20-9-6-5-7-10-20/h5-13,17H,14-16H2,1-4H3,(H,25,28). The van der Waals surface area contributed by atoms with E-state index in [0.717, 1.165) is 29.2 Å². The number of rotatable bonds is 8. The van der Waals surface area contributed by atoms with Crippen molar-refractivity contribution >= 4 is 5.91 Å². The number of nitrogens with zero attached hydrogens (tertiary/aromatic N) is 2. The zero-order valence-electron chi connectivity index (χ0n) is 17.6. The summed E-state index contributed by atoms with van der Waals surface area (Å²) in [7, 11) is 0. The van der Waals surface area contributed by atoms with E-state index in [-0.39, 0.29) is 5.91 Å². The molecule has 5 nitrogen and oxygen atoms in total. The molecule has 0 spiro atoms. The van der Waals surface area contributed by atoms with Crippen LogP contribution in [0.3, 0.4) is 0 Å². The van der Waals surface area contributed by atoms with Gasteiger partial charge in [0.05, 0.1) is 18.8 Å². The first kappa shape index (κ1) is 20.6. The van der Waals surface area contributed by atoms with Gasteiger partial charge in [0.15, 0.2) is 0 Å². The lowest BCUT2D eigenvalue weighted by Gasteiger charge is -2.10. The lowest BCUT2D eigenvalue weighted by atomic mass is 10.1. The monoisotopic (exact) mass is 391 g/mol. The average Bonchev–Trinajstić information content (AvgIpc) is 2.98.